The molecule has 0 aliphatic heterocycles. The first-order chi connectivity index (χ1) is 13.0. The molecule has 8 nitrogen and oxygen atoms in total. The first-order valence-corrected chi connectivity index (χ1v) is 8.49. The van der Waals surface area contributed by atoms with E-state index in [0.717, 1.165) is 16.9 Å². The number of aromatic nitrogens is 6. The van der Waals surface area contributed by atoms with Crippen molar-refractivity contribution in [2.75, 3.05) is 0 Å². The second kappa shape index (κ2) is 5.34. The maximum atomic E-state index is 13.1. The number of H-pyrrole nitrogens is 3. The normalized spacial score (nSPS) is 11.6. The molecule has 2 aromatic carbocycles. The number of nitrogens with zero attached hydrogens (tertiary/aromatic N) is 3. The summed E-state index contributed by atoms with van der Waals surface area (Å²) in [7, 11) is 1.85. The van der Waals surface area contributed by atoms with E-state index in [2.05, 4.69) is 19.9 Å². The van der Waals surface area contributed by atoms with Crippen LogP contribution in [0.4, 0.5) is 0 Å². The van der Waals surface area contributed by atoms with Crippen LogP contribution in [-0.2, 0) is 7.05 Å². The molecule has 5 rings (SSSR count). The lowest BCUT2D eigenvalue weighted by molar-refractivity contribution is 0.630. The van der Waals surface area contributed by atoms with Crippen LogP contribution in [0.15, 0.2) is 52.1 Å². The van der Waals surface area contributed by atoms with Gasteiger partial charge < -0.3 is 15.0 Å². The number of benzene rings is 2. The summed E-state index contributed by atoms with van der Waals surface area (Å²) in [4.78, 5) is 37.9. The van der Waals surface area contributed by atoms with Gasteiger partial charge in [0.1, 0.15) is 11.4 Å². The molecular weight excluding hydrogens is 344 g/mol. The van der Waals surface area contributed by atoms with Crippen LogP contribution in [0.1, 0.15) is 5.69 Å². The van der Waals surface area contributed by atoms with Gasteiger partial charge in [0.05, 0.1) is 27.8 Å². The van der Waals surface area contributed by atoms with Crippen molar-refractivity contribution in [1.29, 1.82) is 0 Å². The van der Waals surface area contributed by atoms with E-state index in [4.69, 9.17) is 0 Å². The van der Waals surface area contributed by atoms with Crippen LogP contribution < -0.4 is 11.2 Å². The largest absolute Gasteiger partial charge is 0.338 e. The molecule has 0 aliphatic rings. The number of rotatable bonds is 2. The molecule has 3 aromatic heterocycles. The Balaban J connectivity index is 1.75. The Kier molecular flexibility index (Phi) is 3.06. The van der Waals surface area contributed by atoms with Gasteiger partial charge in [-0.15, -0.1) is 0 Å². The highest BCUT2D eigenvalue weighted by Crippen LogP contribution is 2.24. The molecule has 27 heavy (non-hydrogen) atoms. The molecule has 5 aromatic rings. The molecular formula is C19H16N6O2. The van der Waals surface area contributed by atoms with Crippen molar-refractivity contribution in [1.82, 2.24) is 29.3 Å². The molecule has 134 valence electrons. The molecule has 0 unspecified atom stereocenters. The average Bonchev–Trinajstić information content (AvgIpc) is 3.27. The second-order valence-electron chi connectivity index (χ2n) is 6.52. The first-order valence-electron chi connectivity index (χ1n) is 8.49. The maximum absolute atomic E-state index is 13.1. The number of hydrogen-bond donors (Lipinski definition) is 3. The predicted molar refractivity (Wildman–Crippen MR) is 103 cm³/mol. The number of imidazole rings is 2. The summed E-state index contributed by atoms with van der Waals surface area (Å²) in [5.74, 6) is 0.507. The average molecular weight is 360 g/mol. The molecule has 0 atom stereocenters. The zero-order valence-electron chi connectivity index (χ0n) is 14.7. The smallest absolute Gasteiger partial charge is 0.323 e. The van der Waals surface area contributed by atoms with Crippen molar-refractivity contribution in [3.8, 4) is 17.1 Å². The van der Waals surface area contributed by atoms with E-state index < -0.39 is 0 Å². The molecule has 0 fully saturated rings. The molecule has 0 saturated heterocycles. The van der Waals surface area contributed by atoms with E-state index in [9.17, 15) is 9.59 Å². The van der Waals surface area contributed by atoms with Gasteiger partial charge in [-0.3, -0.25) is 9.48 Å². The van der Waals surface area contributed by atoms with E-state index in [1.54, 1.807) is 10.7 Å². The van der Waals surface area contributed by atoms with Gasteiger partial charge in [0.25, 0.3) is 5.56 Å². The van der Waals surface area contributed by atoms with Gasteiger partial charge in [0.2, 0.25) is 0 Å². The second-order valence-corrected chi connectivity index (χ2v) is 6.52. The van der Waals surface area contributed by atoms with E-state index in [-0.39, 0.29) is 11.2 Å². The van der Waals surface area contributed by atoms with Crippen molar-refractivity contribution in [2.24, 2.45) is 7.05 Å². The summed E-state index contributed by atoms with van der Waals surface area (Å²) in [5.41, 5.74) is 4.52. The summed E-state index contributed by atoms with van der Waals surface area (Å²) in [6, 6.07) is 13.1. The van der Waals surface area contributed by atoms with Crippen LogP contribution in [0.3, 0.4) is 0 Å². The molecule has 0 bridgehead atoms. The fourth-order valence-electron chi connectivity index (χ4n) is 3.50. The molecule has 0 aliphatic carbocycles. The first kappa shape index (κ1) is 15.4. The fraction of sp³-hybridized carbons (Fsp3) is 0.105. The Morgan fingerprint density at radius 3 is 2.37 bits per heavy atom. The van der Waals surface area contributed by atoms with Crippen LogP contribution in [0.2, 0.25) is 0 Å². The van der Waals surface area contributed by atoms with Crippen molar-refractivity contribution < 1.29 is 0 Å². The molecule has 8 heteroatoms. The van der Waals surface area contributed by atoms with Crippen molar-refractivity contribution in [3.63, 3.8) is 0 Å². The molecule has 3 N–H and O–H groups in total. The number of aromatic amines is 3. The third kappa shape index (κ3) is 2.20. The van der Waals surface area contributed by atoms with E-state index in [0.29, 0.717) is 27.9 Å². The van der Waals surface area contributed by atoms with Gasteiger partial charge >= 0.3 is 5.69 Å². The Bertz CT molecular complexity index is 1370. The van der Waals surface area contributed by atoms with Crippen LogP contribution in [0.25, 0.3) is 39.1 Å². The minimum atomic E-state index is -0.262. The van der Waals surface area contributed by atoms with Crippen LogP contribution in [-0.4, -0.2) is 29.3 Å². The zero-order chi connectivity index (χ0) is 18.7. The minimum absolute atomic E-state index is 0.140. The van der Waals surface area contributed by atoms with Crippen molar-refractivity contribution >= 4 is 22.1 Å². The Morgan fingerprint density at radius 2 is 1.63 bits per heavy atom. The fourth-order valence-corrected chi connectivity index (χ4v) is 3.50. The van der Waals surface area contributed by atoms with Gasteiger partial charge in [0.15, 0.2) is 0 Å². The highest BCUT2D eigenvalue weighted by Gasteiger charge is 2.20. The highest BCUT2D eigenvalue weighted by molar-refractivity contribution is 5.92. The molecule has 0 saturated carbocycles. The van der Waals surface area contributed by atoms with Gasteiger partial charge in [-0.2, -0.15) is 0 Å². The van der Waals surface area contributed by atoms with Crippen LogP contribution in [0.5, 0.6) is 0 Å². The Labute approximate surface area is 152 Å². The van der Waals surface area contributed by atoms with Gasteiger partial charge in [0, 0.05) is 12.7 Å². The lowest BCUT2D eigenvalue weighted by Crippen LogP contribution is -2.20. The maximum Gasteiger partial charge on any atom is 0.323 e. The number of fused-ring (bicyclic) bond motifs is 2. The molecule has 0 amide bonds. The third-order valence-electron chi connectivity index (χ3n) is 4.91. The van der Waals surface area contributed by atoms with E-state index in [1.165, 1.54) is 0 Å². The Morgan fingerprint density at radius 1 is 0.926 bits per heavy atom. The van der Waals surface area contributed by atoms with E-state index >= 15 is 0 Å². The summed E-state index contributed by atoms with van der Waals surface area (Å²) in [6.07, 6.45) is 0. The number of nitrogens with one attached hydrogen (secondary N) is 3. The summed E-state index contributed by atoms with van der Waals surface area (Å²) in [5, 5.41) is 0. The standard InChI is InChI=1S/C19H16N6O2/c1-10-16(18(26)25(24(10)2)11-6-4-3-5-7-11)17-20-12-8-14-15(9-13(12)21-17)23-19(27)22-14/h3-9H,1-2H3,(H,20,21)(H2,22,23,27). The monoisotopic (exact) mass is 360 g/mol. The summed E-state index contributed by atoms with van der Waals surface area (Å²) >= 11 is 0. The molecule has 0 spiro atoms. The summed E-state index contributed by atoms with van der Waals surface area (Å²) < 4.78 is 3.45. The van der Waals surface area contributed by atoms with Gasteiger partial charge in [-0.25, -0.2) is 14.5 Å². The Hall–Kier alpha value is -3.81. The quantitative estimate of drug-likeness (QED) is 0.449. The zero-order valence-corrected chi connectivity index (χ0v) is 14.7. The minimum Gasteiger partial charge on any atom is -0.338 e. The lowest BCUT2D eigenvalue weighted by atomic mass is 10.2. The van der Waals surface area contributed by atoms with Gasteiger partial charge in [-0.1, -0.05) is 18.2 Å². The van der Waals surface area contributed by atoms with Gasteiger partial charge in [-0.05, 0) is 31.2 Å². The summed E-state index contributed by atoms with van der Waals surface area (Å²) in [6.45, 7) is 1.89. The molecule has 0 radical (unpaired) electrons. The number of hydrogen-bond acceptors (Lipinski definition) is 3. The molecule has 3 heterocycles. The predicted octanol–water partition coefficient (Wildman–Crippen LogP) is 2.20. The van der Waals surface area contributed by atoms with Crippen molar-refractivity contribution in [3.05, 3.63) is 69.0 Å². The topological polar surface area (TPSA) is 104 Å². The van der Waals surface area contributed by atoms with E-state index in [1.807, 2.05) is 55.1 Å². The SMILES string of the molecule is Cc1c(-c2nc3cc4[nH]c(=O)[nH]c4cc3[nH]2)c(=O)n(-c2ccccc2)n1C. The third-order valence-corrected chi connectivity index (χ3v) is 4.91. The lowest BCUT2D eigenvalue weighted by Gasteiger charge is -2.07. The number of para-hydroxylation sites is 1. The highest BCUT2D eigenvalue weighted by atomic mass is 16.1. The van der Waals surface area contributed by atoms with Crippen LogP contribution >= 0.6 is 0 Å². The van der Waals surface area contributed by atoms with Crippen LogP contribution in [0, 0.1) is 6.92 Å². The van der Waals surface area contributed by atoms with Crippen molar-refractivity contribution in [2.45, 2.75) is 6.92 Å².